The summed E-state index contributed by atoms with van der Waals surface area (Å²) in [4.78, 5) is 0. The van der Waals surface area contributed by atoms with Gasteiger partial charge in [0.15, 0.2) is 13.6 Å². The lowest BCUT2D eigenvalue weighted by Crippen LogP contribution is -2.73. The molecule has 1 aromatic rings. The molecule has 1 N–H and O–H groups in total. The van der Waals surface area contributed by atoms with E-state index in [0.29, 0.717) is 30.7 Å². The van der Waals surface area contributed by atoms with E-state index in [-0.39, 0.29) is 44.9 Å². The van der Waals surface area contributed by atoms with Crippen LogP contribution in [0.25, 0.3) is 6.08 Å². The Bertz CT molecular complexity index is 1180. The van der Waals surface area contributed by atoms with Gasteiger partial charge in [-0.15, -0.1) is 6.58 Å². The summed E-state index contributed by atoms with van der Waals surface area (Å²) in [6.45, 7) is 10.6. The van der Waals surface area contributed by atoms with E-state index in [0.717, 1.165) is 5.56 Å². The molecule has 3 heterocycles. The number of ether oxygens (including phenoxy) is 4. The van der Waals surface area contributed by atoms with Gasteiger partial charge < -0.3 is 24.1 Å². The van der Waals surface area contributed by atoms with E-state index in [1.54, 1.807) is 23.8 Å². The van der Waals surface area contributed by atoms with Gasteiger partial charge >= 0.3 is 0 Å². The quantitative estimate of drug-likeness (QED) is 0.598. The highest BCUT2D eigenvalue weighted by Gasteiger charge is 2.82. The van der Waals surface area contributed by atoms with Crippen LogP contribution in [-0.4, -0.2) is 64.4 Å². The molecule has 7 nitrogen and oxygen atoms in total. The van der Waals surface area contributed by atoms with Crippen LogP contribution < -0.4 is 0 Å². The monoisotopic (exact) mass is 518 g/mol. The summed E-state index contributed by atoms with van der Waals surface area (Å²) in [6, 6.07) is 0. The van der Waals surface area contributed by atoms with Gasteiger partial charge in [-0.3, -0.25) is 4.68 Å². The van der Waals surface area contributed by atoms with Crippen LogP contribution in [0.2, 0.25) is 0 Å². The van der Waals surface area contributed by atoms with Crippen molar-refractivity contribution in [2.24, 2.45) is 28.6 Å². The molecule has 1 aromatic heterocycles. The van der Waals surface area contributed by atoms with Gasteiger partial charge in [-0.05, 0) is 54.7 Å². The minimum absolute atomic E-state index is 0.0198. The summed E-state index contributed by atoms with van der Waals surface area (Å²) in [7, 11) is 0. The smallest absolute Gasteiger partial charge is 0.227 e. The summed E-state index contributed by atoms with van der Waals surface area (Å²) in [5.41, 5.74) is -2.84. The van der Waals surface area contributed by atoms with Crippen LogP contribution in [0.3, 0.4) is 0 Å². The number of aromatic nitrogens is 2. The lowest BCUT2D eigenvalue weighted by molar-refractivity contribution is -0.281. The van der Waals surface area contributed by atoms with Crippen LogP contribution in [0.5, 0.6) is 0 Å². The summed E-state index contributed by atoms with van der Waals surface area (Å²) in [5.74, 6) is -2.07. The molecular weight excluding hydrogens is 482 g/mol. The number of fused-ring (bicyclic) bond motifs is 8. The van der Waals surface area contributed by atoms with Crippen LogP contribution in [0.15, 0.2) is 24.4 Å². The second-order valence-corrected chi connectivity index (χ2v) is 12.6. The molecule has 2 aliphatic heterocycles. The van der Waals surface area contributed by atoms with Gasteiger partial charge in [0.25, 0.3) is 0 Å². The molecule has 0 radical (unpaired) electrons. The highest BCUT2D eigenvalue weighted by Crippen LogP contribution is 2.74. The fourth-order valence-corrected chi connectivity index (χ4v) is 9.86. The van der Waals surface area contributed by atoms with E-state index in [2.05, 4.69) is 25.5 Å². The molecular formula is C28H36F2N2O5. The minimum atomic E-state index is -2.01. The molecule has 0 bridgehead atoms. The third kappa shape index (κ3) is 2.61. The van der Waals surface area contributed by atoms with E-state index >= 15 is 8.78 Å². The largest absolute Gasteiger partial charge is 0.390 e. The topological polar surface area (TPSA) is 75.0 Å². The van der Waals surface area contributed by atoms with E-state index < -0.39 is 46.1 Å². The summed E-state index contributed by atoms with van der Waals surface area (Å²) >= 11 is 0. The van der Waals surface area contributed by atoms with Gasteiger partial charge in [0.1, 0.15) is 24.0 Å². The SMILES string of the molecule is C=CCn1cc2c(n1)C=C1[C@@H](F)C[C@H]3[C@@H]4C[C@H](C)[C@@]5(OCOC56COCO6)[C@@]4(C)C[C@H](O)[C@]3(F)[C@@]1(C)C2. The Morgan fingerprint density at radius 1 is 1.22 bits per heavy atom. The van der Waals surface area contributed by atoms with Crippen molar-refractivity contribution in [2.45, 2.75) is 82.3 Å². The maximum atomic E-state index is 17.9. The van der Waals surface area contributed by atoms with Gasteiger partial charge in [-0.25, -0.2) is 8.78 Å². The molecule has 2 spiro atoms. The second-order valence-electron chi connectivity index (χ2n) is 12.6. The highest BCUT2D eigenvalue weighted by molar-refractivity contribution is 5.61. The van der Waals surface area contributed by atoms with Crippen molar-refractivity contribution >= 4 is 6.08 Å². The molecule has 5 fully saturated rings. The van der Waals surface area contributed by atoms with Crippen molar-refractivity contribution < 1.29 is 32.8 Å². The predicted molar refractivity (Wildman–Crippen MR) is 129 cm³/mol. The first kappa shape index (κ1) is 24.4. The molecule has 10 atom stereocenters. The zero-order chi connectivity index (χ0) is 26.0. The zero-order valence-electron chi connectivity index (χ0n) is 21.7. The highest BCUT2D eigenvalue weighted by atomic mass is 19.1. The fraction of sp³-hybridized carbons (Fsp3) is 0.750. The summed E-state index contributed by atoms with van der Waals surface area (Å²) < 4.78 is 60.0. The average Bonchev–Trinajstić information content (AvgIpc) is 3.61. The lowest BCUT2D eigenvalue weighted by atomic mass is 9.43. The number of nitrogens with zero attached hydrogens (tertiary/aromatic N) is 2. The number of aliphatic hydroxyl groups excluding tert-OH is 1. The molecule has 6 aliphatic rings. The maximum absolute atomic E-state index is 17.9. The number of aliphatic hydroxyl groups is 1. The number of allylic oxidation sites excluding steroid dienone is 2. The van der Waals surface area contributed by atoms with Gasteiger partial charge in [-0.1, -0.05) is 26.8 Å². The molecule has 2 saturated heterocycles. The van der Waals surface area contributed by atoms with Crippen LogP contribution >= 0.6 is 0 Å². The molecule has 0 amide bonds. The lowest BCUT2D eigenvalue weighted by Gasteiger charge is -2.64. The van der Waals surface area contributed by atoms with E-state index in [9.17, 15) is 5.11 Å². The van der Waals surface area contributed by atoms with Crippen LogP contribution in [0.4, 0.5) is 8.78 Å². The van der Waals surface area contributed by atoms with Gasteiger partial charge in [0.2, 0.25) is 5.79 Å². The van der Waals surface area contributed by atoms with Gasteiger partial charge in [0, 0.05) is 22.9 Å². The Balaban J connectivity index is 1.33. The molecule has 3 saturated carbocycles. The standard InChI is InChI=1S/C28H36F2N2O5/c1-5-6-32-12-17-10-24(3)20(9-22(17)31-32)21(29)8-19-18-7-16(2)28(25(18,4)11-23(33)27(19,24)30)26(36-15-37-28)13-34-14-35-26/h5,9,12,16,18-19,21,23,33H,1,6-8,10-11,13-15H2,2-4H3/t16-,18-,19-,21-,23-,24-,25-,26?,27-,28+/m0/s1. The molecule has 202 valence electrons. The predicted octanol–water partition coefficient (Wildman–Crippen LogP) is 3.95. The second kappa shape index (κ2) is 7.50. The minimum Gasteiger partial charge on any atom is -0.390 e. The fourth-order valence-electron chi connectivity index (χ4n) is 9.86. The van der Waals surface area contributed by atoms with Crippen LogP contribution in [0.1, 0.15) is 51.3 Å². The van der Waals surface area contributed by atoms with Crippen molar-refractivity contribution in [3.05, 3.63) is 35.7 Å². The number of hydrogen-bond acceptors (Lipinski definition) is 6. The number of halogens is 2. The Morgan fingerprint density at radius 2 is 2.00 bits per heavy atom. The maximum Gasteiger partial charge on any atom is 0.227 e. The Morgan fingerprint density at radius 3 is 2.73 bits per heavy atom. The van der Waals surface area contributed by atoms with Crippen molar-refractivity contribution in [2.75, 3.05) is 20.2 Å². The third-order valence-electron chi connectivity index (χ3n) is 11.2. The molecule has 9 heteroatoms. The first-order valence-corrected chi connectivity index (χ1v) is 13.5. The van der Waals surface area contributed by atoms with Crippen molar-refractivity contribution in [1.29, 1.82) is 0 Å². The first-order valence-electron chi connectivity index (χ1n) is 13.5. The number of hydrogen-bond donors (Lipinski definition) is 1. The number of rotatable bonds is 2. The van der Waals surface area contributed by atoms with E-state index in [1.165, 1.54) is 0 Å². The van der Waals surface area contributed by atoms with Crippen molar-refractivity contribution in [1.82, 2.24) is 9.78 Å². The van der Waals surface area contributed by atoms with Crippen molar-refractivity contribution in [3.63, 3.8) is 0 Å². The molecule has 4 aliphatic carbocycles. The van der Waals surface area contributed by atoms with Crippen LogP contribution in [0, 0.1) is 28.6 Å². The van der Waals surface area contributed by atoms with E-state index in [4.69, 9.17) is 18.9 Å². The summed E-state index contributed by atoms with van der Waals surface area (Å²) in [5, 5.41) is 16.4. The van der Waals surface area contributed by atoms with Crippen LogP contribution in [-0.2, 0) is 31.9 Å². The zero-order valence-corrected chi connectivity index (χ0v) is 21.7. The van der Waals surface area contributed by atoms with Gasteiger partial charge in [-0.2, -0.15) is 5.10 Å². The normalized spacial score (nSPS) is 52.1. The Labute approximate surface area is 215 Å². The molecule has 37 heavy (non-hydrogen) atoms. The third-order valence-corrected chi connectivity index (χ3v) is 11.2. The number of alkyl halides is 2. The molecule has 7 rings (SSSR count). The Hall–Kier alpha value is -1.65. The average molecular weight is 519 g/mol. The molecule has 1 unspecified atom stereocenters. The van der Waals surface area contributed by atoms with E-state index in [1.807, 2.05) is 6.20 Å². The first-order chi connectivity index (χ1) is 17.6. The Kier molecular flexibility index (Phi) is 4.95. The molecule has 0 aromatic carbocycles. The summed E-state index contributed by atoms with van der Waals surface area (Å²) in [6.07, 6.45) is 3.86. The van der Waals surface area contributed by atoms with Crippen molar-refractivity contribution in [3.8, 4) is 0 Å². The van der Waals surface area contributed by atoms with Gasteiger partial charge in [0.05, 0.1) is 18.3 Å².